The van der Waals surface area contributed by atoms with Gasteiger partial charge >= 0.3 is 0 Å². The van der Waals surface area contributed by atoms with Crippen LogP contribution in [0.2, 0.25) is 0 Å². The van der Waals surface area contributed by atoms with Gasteiger partial charge in [-0.1, -0.05) is 6.92 Å². The molecule has 0 spiro atoms. The fraction of sp³-hybridized carbons (Fsp3) is 0.750. The first-order chi connectivity index (χ1) is 7.81. The molecule has 3 unspecified atom stereocenters. The van der Waals surface area contributed by atoms with Crippen LogP contribution in [-0.4, -0.2) is 24.1 Å². The van der Waals surface area contributed by atoms with Crippen molar-refractivity contribution in [1.82, 2.24) is 15.6 Å². The summed E-state index contributed by atoms with van der Waals surface area (Å²) in [6.45, 7) is 6.77. The minimum absolute atomic E-state index is 0.438. The van der Waals surface area contributed by atoms with Gasteiger partial charge in [-0.3, -0.25) is 0 Å². The zero-order chi connectivity index (χ0) is 11.4. The predicted molar refractivity (Wildman–Crippen MR) is 68.7 cm³/mol. The molecule has 0 bridgehead atoms. The molecule has 1 fully saturated rings. The summed E-state index contributed by atoms with van der Waals surface area (Å²) in [5.41, 5.74) is 0. The van der Waals surface area contributed by atoms with Crippen molar-refractivity contribution < 1.29 is 0 Å². The van der Waals surface area contributed by atoms with E-state index in [0.29, 0.717) is 12.1 Å². The van der Waals surface area contributed by atoms with E-state index in [1.807, 2.05) is 6.20 Å². The van der Waals surface area contributed by atoms with Gasteiger partial charge in [0.15, 0.2) is 0 Å². The Bertz CT molecular complexity index is 299. The van der Waals surface area contributed by atoms with Crippen LogP contribution >= 0.6 is 11.3 Å². The van der Waals surface area contributed by atoms with Gasteiger partial charge in [-0.2, -0.15) is 0 Å². The monoisotopic (exact) mass is 239 g/mol. The summed E-state index contributed by atoms with van der Waals surface area (Å²) in [4.78, 5) is 4.39. The fourth-order valence-electron chi connectivity index (χ4n) is 2.30. The molecule has 0 aliphatic carbocycles. The quantitative estimate of drug-likeness (QED) is 0.827. The molecule has 0 radical (unpaired) electrons. The Morgan fingerprint density at radius 1 is 1.69 bits per heavy atom. The first-order valence-corrected chi connectivity index (χ1v) is 7.05. The van der Waals surface area contributed by atoms with E-state index in [1.165, 1.54) is 18.0 Å². The van der Waals surface area contributed by atoms with Crippen LogP contribution in [0, 0.1) is 5.92 Å². The highest BCUT2D eigenvalue weighted by molar-refractivity contribution is 7.09. The number of aromatic nitrogens is 1. The van der Waals surface area contributed by atoms with Gasteiger partial charge < -0.3 is 10.6 Å². The normalized spacial score (nSPS) is 27.1. The van der Waals surface area contributed by atoms with Crippen LogP contribution < -0.4 is 10.6 Å². The third kappa shape index (κ3) is 2.81. The molecule has 2 N–H and O–H groups in total. The lowest BCUT2D eigenvalue weighted by molar-refractivity contribution is 0.400. The predicted octanol–water partition coefficient (Wildman–Crippen LogP) is 2.18. The molecule has 1 aromatic heterocycles. The zero-order valence-corrected chi connectivity index (χ0v) is 10.9. The molecular weight excluding hydrogens is 218 g/mol. The standard InChI is InChI=1S/C12H21N3S/c1-3-11(12-14-6-7-16-12)15-8-10-4-5-13-9(10)2/h6-7,9-11,13,15H,3-5,8H2,1-2H3. The van der Waals surface area contributed by atoms with Crippen molar-refractivity contribution >= 4 is 11.3 Å². The second-order valence-corrected chi connectivity index (χ2v) is 5.46. The van der Waals surface area contributed by atoms with E-state index in [4.69, 9.17) is 0 Å². The van der Waals surface area contributed by atoms with Crippen LogP contribution in [0.4, 0.5) is 0 Å². The molecule has 3 nitrogen and oxygen atoms in total. The summed E-state index contributed by atoms with van der Waals surface area (Å²) in [6.07, 6.45) is 4.30. The van der Waals surface area contributed by atoms with Gasteiger partial charge in [0.25, 0.3) is 0 Å². The van der Waals surface area contributed by atoms with E-state index >= 15 is 0 Å². The lowest BCUT2D eigenvalue weighted by Gasteiger charge is -2.20. The molecular formula is C12H21N3S. The Hall–Kier alpha value is -0.450. The number of hydrogen-bond donors (Lipinski definition) is 2. The molecule has 90 valence electrons. The van der Waals surface area contributed by atoms with Crippen molar-refractivity contribution in [3.63, 3.8) is 0 Å². The maximum atomic E-state index is 4.39. The first kappa shape index (κ1) is 12.0. The van der Waals surface area contributed by atoms with Crippen LogP contribution in [0.15, 0.2) is 11.6 Å². The van der Waals surface area contributed by atoms with Crippen molar-refractivity contribution in [3.05, 3.63) is 16.6 Å². The second kappa shape index (κ2) is 5.75. The van der Waals surface area contributed by atoms with Crippen molar-refractivity contribution in [2.75, 3.05) is 13.1 Å². The molecule has 1 saturated heterocycles. The molecule has 4 heteroatoms. The van der Waals surface area contributed by atoms with Gasteiger partial charge in [0, 0.05) is 24.2 Å². The largest absolute Gasteiger partial charge is 0.314 e. The summed E-state index contributed by atoms with van der Waals surface area (Å²) in [5.74, 6) is 0.772. The minimum atomic E-state index is 0.438. The Morgan fingerprint density at radius 2 is 2.56 bits per heavy atom. The Labute approximate surface area is 102 Å². The van der Waals surface area contributed by atoms with E-state index in [0.717, 1.165) is 18.9 Å². The van der Waals surface area contributed by atoms with Gasteiger partial charge in [0.2, 0.25) is 0 Å². The average Bonchev–Trinajstić information content (AvgIpc) is 2.92. The maximum Gasteiger partial charge on any atom is 0.109 e. The van der Waals surface area contributed by atoms with Crippen molar-refractivity contribution in [1.29, 1.82) is 0 Å². The van der Waals surface area contributed by atoms with Crippen molar-refractivity contribution in [2.24, 2.45) is 5.92 Å². The summed E-state index contributed by atoms with van der Waals surface area (Å²) >= 11 is 1.75. The van der Waals surface area contributed by atoms with Crippen LogP contribution in [0.1, 0.15) is 37.7 Å². The lowest BCUT2D eigenvalue weighted by atomic mass is 10.0. The second-order valence-electron chi connectivity index (χ2n) is 4.53. The van der Waals surface area contributed by atoms with Crippen LogP contribution in [0.3, 0.4) is 0 Å². The van der Waals surface area contributed by atoms with E-state index in [-0.39, 0.29) is 0 Å². The first-order valence-electron chi connectivity index (χ1n) is 6.17. The maximum absolute atomic E-state index is 4.39. The number of nitrogens with zero attached hydrogens (tertiary/aromatic N) is 1. The Kier molecular flexibility index (Phi) is 4.32. The van der Waals surface area contributed by atoms with Crippen LogP contribution in [0.25, 0.3) is 0 Å². The van der Waals surface area contributed by atoms with Crippen molar-refractivity contribution in [3.8, 4) is 0 Å². The minimum Gasteiger partial charge on any atom is -0.314 e. The third-order valence-corrected chi connectivity index (χ3v) is 4.36. The highest BCUT2D eigenvalue weighted by Gasteiger charge is 2.23. The lowest BCUT2D eigenvalue weighted by Crippen LogP contribution is -2.32. The molecule has 0 aromatic carbocycles. The molecule has 3 atom stereocenters. The highest BCUT2D eigenvalue weighted by atomic mass is 32.1. The summed E-state index contributed by atoms with van der Waals surface area (Å²) in [7, 11) is 0. The Balaban J connectivity index is 1.83. The average molecular weight is 239 g/mol. The van der Waals surface area contributed by atoms with E-state index in [2.05, 4.69) is 34.8 Å². The van der Waals surface area contributed by atoms with Gasteiger partial charge in [0.05, 0.1) is 6.04 Å². The Morgan fingerprint density at radius 3 is 3.12 bits per heavy atom. The van der Waals surface area contributed by atoms with E-state index < -0.39 is 0 Å². The topological polar surface area (TPSA) is 37.0 Å². The van der Waals surface area contributed by atoms with Gasteiger partial charge in [-0.15, -0.1) is 11.3 Å². The highest BCUT2D eigenvalue weighted by Crippen LogP contribution is 2.20. The van der Waals surface area contributed by atoms with Crippen molar-refractivity contribution in [2.45, 2.75) is 38.8 Å². The molecule has 0 amide bonds. The summed E-state index contributed by atoms with van der Waals surface area (Å²) in [5, 5.41) is 10.4. The summed E-state index contributed by atoms with van der Waals surface area (Å²) in [6, 6.07) is 1.09. The number of hydrogen-bond acceptors (Lipinski definition) is 4. The van der Waals surface area contributed by atoms with E-state index in [9.17, 15) is 0 Å². The van der Waals surface area contributed by atoms with Crippen LogP contribution in [-0.2, 0) is 0 Å². The molecule has 1 aromatic rings. The SMILES string of the molecule is CCC(NCC1CCNC1C)c1nccs1. The zero-order valence-electron chi connectivity index (χ0n) is 10.1. The molecule has 1 aliphatic heterocycles. The van der Waals surface area contributed by atoms with Gasteiger partial charge in [-0.25, -0.2) is 4.98 Å². The van der Waals surface area contributed by atoms with Gasteiger partial charge in [0.1, 0.15) is 5.01 Å². The number of nitrogens with one attached hydrogen (secondary N) is 2. The number of rotatable bonds is 5. The third-order valence-electron chi connectivity index (χ3n) is 3.47. The van der Waals surface area contributed by atoms with Crippen LogP contribution in [0.5, 0.6) is 0 Å². The number of thiazole rings is 1. The molecule has 1 aliphatic rings. The summed E-state index contributed by atoms with van der Waals surface area (Å²) < 4.78 is 0. The molecule has 16 heavy (non-hydrogen) atoms. The van der Waals surface area contributed by atoms with E-state index in [1.54, 1.807) is 11.3 Å². The molecule has 2 rings (SSSR count). The smallest absolute Gasteiger partial charge is 0.109 e. The fourth-order valence-corrected chi connectivity index (χ4v) is 3.10. The van der Waals surface area contributed by atoms with Gasteiger partial charge in [-0.05, 0) is 32.2 Å². The molecule has 2 heterocycles. The molecule has 0 saturated carbocycles.